The van der Waals surface area contributed by atoms with Crippen molar-refractivity contribution >= 4 is 11.9 Å². The lowest BCUT2D eigenvalue weighted by molar-refractivity contribution is -0.148. The molecule has 4 atom stereocenters. The standard InChI is InChI=1S/C15H19NO4/c17-13-12-11(14(18)19)10-6-7-15(12,20-10)8-16(13)9-4-2-1-3-5-9/h6-7,9-12H,1-5,8H2,(H,18,19)/t10-,11+,12+,15-/m1/s1. The maximum absolute atomic E-state index is 12.7. The van der Waals surface area contributed by atoms with Crippen LogP contribution in [0.25, 0.3) is 0 Å². The summed E-state index contributed by atoms with van der Waals surface area (Å²) in [4.78, 5) is 26.1. The molecule has 5 nitrogen and oxygen atoms in total. The molecule has 0 unspecified atom stereocenters. The van der Waals surface area contributed by atoms with Crippen LogP contribution in [0.15, 0.2) is 12.2 Å². The molecule has 1 N–H and O–H groups in total. The Kier molecular flexibility index (Phi) is 2.52. The van der Waals surface area contributed by atoms with Gasteiger partial charge in [0.25, 0.3) is 0 Å². The van der Waals surface area contributed by atoms with Crippen molar-refractivity contribution in [2.24, 2.45) is 11.8 Å². The zero-order chi connectivity index (χ0) is 13.9. The lowest BCUT2D eigenvalue weighted by atomic mass is 9.77. The summed E-state index contributed by atoms with van der Waals surface area (Å²) in [6.45, 7) is 0.540. The summed E-state index contributed by atoms with van der Waals surface area (Å²) in [5.41, 5.74) is -0.664. The topological polar surface area (TPSA) is 66.8 Å². The van der Waals surface area contributed by atoms with Crippen LogP contribution in [0.1, 0.15) is 32.1 Å². The second kappa shape index (κ2) is 4.07. The van der Waals surface area contributed by atoms with Gasteiger partial charge in [0.15, 0.2) is 0 Å². The highest BCUT2D eigenvalue weighted by Gasteiger charge is 2.67. The van der Waals surface area contributed by atoms with Crippen molar-refractivity contribution in [2.75, 3.05) is 6.54 Å². The number of hydrogen-bond donors (Lipinski definition) is 1. The fourth-order valence-corrected chi connectivity index (χ4v) is 4.51. The van der Waals surface area contributed by atoms with Gasteiger partial charge in [-0.05, 0) is 12.8 Å². The molecule has 0 aromatic heterocycles. The normalized spacial score (nSPS) is 43.3. The van der Waals surface area contributed by atoms with E-state index in [1.807, 2.05) is 17.1 Å². The predicted octanol–water partition coefficient (Wildman–Crippen LogP) is 1.19. The Balaban J connectivity index is 1.65. The smallest absolute Gasteiger partial charge is 0.310 e. The number of nitrogens with zero attached hydrogens (tertiary/aromatic N) is 1. The summed E-state index contributed by atoms with van der Waals surface area (Å²) in [6, 6.07) is 0.279. The summed E-state index contributed by atoms with van der Waals surface area (Å²) < 4.78 is 5.89. The van der Waals surface area contributed by atoms with E-state index in [0.29, 0.717) is 6.54 Å². The summed E-state index contributed by atoms with van der Waals surface area (Å²) in [6.07, 6.45) is 8.98. The zero-order valence-electron chi connectivity index (χ0n) is 11.3. The van der Waals surface area contributed by atoms with Crippen LogP contribution in [-0.4, -0.2) is 46.2 Å². The number of carboxylic acids is 1. The summed E-state index contributed by atoms with van der Waals surface area (Å²) in [7, 11) is 0. The minimum atomic E-state index is -0.912. The van der Waals surface area contributed by atoms with E-state index >= 15 is 0 Å². The Hall–Kier alpha value is -1.36. The third-order valence-corrected chi connectivity index (χ3v) is 5.43. The number of likely N-dealkylation sites (tertiary alicyclic amines) is 1. The van der Waals surface area contributed by atoms with Crippen LogP contribution in [-0.2, 0) is 14.3 Å². The van der Waals surface area contributed by atoms with Gasteiger partial charge in [-0.3, -0.25) is 9.59 Å². The van der Waals surface area contributed by atoms with E-state index in [1.165, 1.54) is 6.42 Å². The Labute approximate surface area is 117 Å². The summed E-state index contributed by atoms with van der Waals surface area (Å²) in [5.74, 6) is -2.14. The van der Waals surface area contributed by atoms with Crippen molar-refractivity contribution in [2.45, 2.75) is 49.9 Å². The molecule has 0 aromatic rings. The highest BCUT2D eigenvalue weighted by atomic mass is 16.5. The van der Waals surface area contributed by atoms with Gasteiger partial charge in [0.05, 0.1) is 18.6 Å². The molecule has 0 radical (unpaired) electrons. The van der Waals surface area contributed by atoms with Crippen molar-refractivity contribution in [3.8, 4) is 0 Å². The average Bonchev–Trinajstić information content (AvgIpc) is 3.08. The summed E-state index contributed by atoms with van der Waals surface area (Å²) in [5, 5.41) is 9.41. The van der Waals surface area contributed by atoms with Crippen LogP contribution >= 0.6 is 0 Å². The predicted molar refractivity (Wildman–Crippen MR) is 69.9 cm³/mol. The molecule has 1 spiro atoms. The van der Waals surface area contributed by atoms with E-state index < -0.39 is 29.5 Å². The number of ether oxygens (including phenoxy) is 1. The van der Waals surface area contributed by atoms with Gasteiger partial charge >= 0.3 is 5.97 Å². The lowest BCUT2D eigenvalue weighted by Crippen LogP contribution is -2.42. The summed E-state index contributed by atoms with van der Waals surface area (Å²) >= 11 is 0. The van der Waals surface area contributed by atoms with Crippen LogP contribution < -0.4 is 0 Å². The molecule has 4 rings (SSSR count). The van der Waals surface area contributed by atoms with Crippen molar-refractivity contribution in [3.05, 3.63) is 12.2 Å². The zero-order valence-corrected chi connectivity index (χ0v) is 11.3. The number of fused-ring (bicyclic) bond motifs is 1. The molecule has 4 aliphatic rings. The first-order valence-electron chi connectivity index (χ1n) is 7.53. The van der Waals surface area contributed by atoms with E-state index in [9.17, 15) is 14.7 Å². The molecule has 1 aliphatic carbocycles. The number of rotatable bonds is 2. The number of carbonyl (C=O) groups is 2. The molecule has 1 amide bonds. The lowest BCUT2D eigenvalue weighted by Gasteiger charge is -2.32. The van der Waals surface area contributed by atoms with Gasteiger partial charge in [-0.15, -0.1) is 0 Å². The van der Waals surface area contributed by atoms with Crippen molar-refractivity contribution in [1.29, 1.82) is 0 Å². The van der Waals surface area contributed by atoms with E-state index in [1.54, 1.807) is 0 Å². The Bertz CT molecular complexity index is 496. The van der Waals surface area contributed by atoms with Gasteiger partial charge in [-0.1, -0.05) is 31.4 Å². The van der Waals surface area contributed by atoms with E-state index in [0.717, 1.165) is 25.7 Å². The SMILES string of the molecule is O=C(O)[C@@H]1[C@H]2C(=O)N(C3CCCCC3)C[C@]23C=C[C@H]1O3. The molecular formula is C15H19NO4. The molecule has 20 heavy (non-hydrogen) atoms. The Morgan fingerprint density at radius 2 is 2.10 bits per heavy atom. The van der Waals surface area contributed by atoms with E-state index in [4.69, 9.17) is 4.74 Å². The minimum Gasteiger partial charge on any atom is -0.481 e. The van der Waals surface area contributed by atoms with Crippen LogP contribution in [0, 0.1) is 11.8 Å². The fourth-order valence-electron chi connectivity index (χ4n) is 4.51. The maximum atomic E-state index is 12.7. The number of carbonyl (C=O) groups excluding carboxylic acids is 1. The highest BCUT2D eigenvalue weighted by molar-refractivity contribution is 5.91. The van der Waals surface area contributed by atoms with Gasteiger partial charge in [-0.2, -0.15) is 0 Å². The largest absolute Gasteiger partial charge is 0.481 e. The molecule has 0 aromatic carbocycles. The molecule has 1 saturated carbocycles. The highest BCUT2D eigenvalue weighted by Crippen LogP contribution is 2.52. The number of hydrogen-bond acceptors (Lipinski definition) is 3. The maximum Gasteiger partial charge on any atom is 0.310 e. The van der Waals surface area contributed by atoms with Gasteiger partial charge < -0.3 is 14.7 Å². The third-order valence-electron chi connectivity index (χ3n) is 5.43. The molecule has 3 aliphatic heterocycles. The molecule has 5 heteroatoms. The second-order valence-corrected chi connectivity index (χ2v) is 6.50. The van der Waals surface area contributed by atoms with Crippen LogP contribution in [0.3, 0.4) is 0 Å². The van der Waals surface area contributed by atoms with Crippen molar-refractivity contribution in [3.63, 3.8) is 0 Å². The van der Waals surface area contributed by atoms with Crippen LogP contribution in [0.5, 0.6) is 0 Å². The molecule has 2 bridgehead atoms. The number of carboxylic acid groups (broad SMARTS) is 1. The minimum absolute atomic E-state index is 0.00356. The van der Waals surface area contributed by atoms with Crippen LogP contribution in [0.2, 0.25) is 0 Å². The first kappa shape index (κ1) is 12.4. The number of aliphatic carboxylic acids is 1. The molecule has 2 saturated heterocycles. The number of amides is 1. The molecular weight excluding hydrogens is 258 g/mol. The fraction of sp³-hybridized carbons (Fsp3) is 0.733. The second-order valence-electron chi connectivity index (χ2n) is 6.50. The molecule has 3 fully saturated rings. The Morgan fingerprint density at radius 3 is 2.80 bits per heavy atom. The van der Waals surface area contributed by atoms with Crippen LogP contribution in [0.4, 0.5) is 0 Å². The molecule has 3 heterocycles. The third kappa shape index (κ3) is 1.47. The molecule has 108 valence electrons. The van der Waals surface area contributed by atoms with Crippen molar-refractivity contribution < 1.29 is 19.4 Å². The average molecular weight is 277 g/mol. The van der Waals surface area contributed by atoms with Crippen molar-refractivity contribution in [1.82, 2.24) is 4.90 Å². The van der Waals surface area contributed by atoms with Gasteiger partial charge in [0.1, 0.15) is 11.5 Å². The first-order chi connectivity index (χ1) is 9.62. The Morgan fingerprint density at radius 1 is 1.35 bits per heavy atom. The van der Waals surface area contributed by atoms with E-state index in [-0.39, 0.29) is 11.9 Å². The van der Waals surface area contributed by atoms with E-state index in [2.05, 4.69) is 0 Å². The quantitative estimate of drug-likeness (QED) is 0.770. The van der Waals surface area contributed by atoms with Gasteiger partial charge in [0.2, 0.25) is 5.91 Å². The van der Waals surface area contributed by atoms with Gasteiger partial charge in [-0.25, -0.2) is 0 Å². The first-order valence-corrected chi connectivity index (χ1v) is 7.53. The monoisotopic (exact) mass is 277 g/mol. The van der Waals surface area contributed by atoms with Gasteiger partial charge in [0, 0.05) is 6.04 Å².